The van der Waals surface area contributed by atoms with E-state index in [-0.39, 0.29) is 5.82 Å². The largest absolute Gasteiger partial charge is 0.491 e. The van der Waals surface area contributed by atoms with Gasteiger partial charge in [0.1, 0.15) is 0 Å². The van der Waals surface area contributed by atoms with Gasteiger partial charge in [0.15, 0.2) is 11.6 Å². The summed E-state index contributed by atoms with van der Waals surface area (Å²) in [5.74, 6) is 0.101. The molecule has 0 radical (unpaired) electrons. The van der Waals surface area contributed by atoms with E-state index in [2.05, 4.69) is 15.1 Å². The molecule has 2 aliphatic heterocycles. The molecule has 0 saturated carbocycles. The van der Waals surface area contributed by atoms with Crippen LogP contribution in [0.3, 0.4) is 0 Å². The number of nitrogens with one attached hydrogen (secondary N) is 1. The van der Waals surface area contributed by atoms with Crippen molar-refractivity contribution in [1.29, 1.82) is 0 Å². The van der Waals surface area contributed by atoms with E-state index in [1.165, 1.54) is 6.42 Å². The van der Waals surface area contributed by atoms with Crippen LogP contribution < -0.4 is 10.1 Å². The van der Waals surface area contributed by atoms with Crippen molar-refractivity contribution in [2.24, 2.45) is 0 Å². The molecule has 1 unspecified atom stereocenters. The molecule has 5 heteroatoms. The van der Waals surface area contributed by atoms with Gasteiger partial charge in [0.05, 0.1) is 6.61 Å². The van der Waals surface area contributed by atoms with E-state index >= 15 is 0 Å². The number of halogens is 1. The molecule has 22 heavy (non-hydrogen) atoms. The molecule has 122 valence electrons. The van der Waals surface area contributed by atoms with Crippen LogP contribution in [0.5, 0.6) is 5.75 Å². The average Bonchev–Trinajstić information content (AvgIpc) is 3.00. The Bertz CT molecular complexity index is 491. The molecule has 0 bridgehead atoms. The lowest BCUT2D eigenvalue weighted by atomic mass is 10.2. The molecule has 2 heterocycles. The summed E-state index contributed by atoms with van der Waals surface area (Å²) in [6.07, 6.45) is 1.22. The van der Waals surface area contributed by atoms with Crippen molar-refractivity contribution in [2.45, 2.75) is 25.9 Å². The second kappa shape index (κ2) is 7.40. The van der Waals surface area contributed by atoms with E-state index in [4.69, 9.17) is 4.74 Å². The summed E-state index contributed by atoms with van der Waals surface area (Å²) in [5, 5.41) is 3.40. The SMILES string of the molecule is CCOc1ccc(CN2CCC(N3CCNCC3)C2)cc1F. The zero-order valence-electron chi connectivity index (χ0n) is 13.4. The number of hydrogen-bond acceptors (Lipinski definition) is 4. The first kappa shape index (κ1) is 15.7. The highest BCUT2D eigenvalue weighted by Gasteiger charge is 2.28. The summed E-state index contributed by atoms with van der Waals surface area (Å²) < 4.78 is 19.2. The Kier molecular flexibility index (Phi) is 5.28. The van der Waals surface area contributed by atoms with E-state index in [9.17, 15) is 4.39 Å². The van der Waals surface area contributed by atoms with Gasteiger partial charge >= 0.3 is 0 Å². The van der Waals surface area contributed by atoms with Crippen LogP contribution in [0.25, 0.3) is 0 Å². The van der Waals surface area contributed by atoms with Crippen molar-refractivity contribution < 1.29 is 9.13 Å². The van der Waals surface area contributed by atoms with Gasteiger partial charge in [-0.05, 0) is 31.0 Å². The summed E-state index contributed by atoms with van der Waals surface area (Å²) >= 11 is 0. The van der Waals surface area contributed by atoms with Crippen LogP contribution in [0, 0.1) is 5.82 Å². The van der Waals surface area contributed by atoms with Gasteiger partial charge in [-0.1, -0.05) is 6.07 Å². The van der Waals surface area contributed by atoms with Gasteiger partial charge < -0.3 is 10.1 Å². The van der Waals surface area contributed by atoms with Crippen LogP contribution in [0.2, 0.25) is 0 Å². The topological polar surface area (TPSA) is 27.7 Å². The van der Waals surface area contributed by atoms with Gasteiger partial charge in [0.2, 0.25) is 0 Å². The molecule has 0 amide bonds. The lowest BCUT2D eigenvalue weighted by molar-refractivity contribution is 0.170. The van der Waals surface area contributed by atoms with E-state index in [1.807, 2.05) is 13.0 Å². The second-order valence-electron chi connectivity index (χ2n) is 6.16. The number of hydrogen-bond donors (Lipinski definition) is 1. The lowest BCUT2D eigenvalue weighted by Gasteiger charge is -2.32. The molecule has 2 saturated heterocycles. The van der Waals surface area contributed by atoms with Crippen molar-refractivity contribution in [3.8, 4) is 5.75 Å². The maximum atomic E-state index is 13.9. The van der Waals surface area contributed by atoms with E-state index < -0.39 is 0 Å². The maximum Gasteiger partial charge on any atom is 0.165 e. The van der Waals surface area contributed by atoms with Gasteiger partial charge in [0, 0.05) is 51.9 Å². The van der Waals surface area contributed by atoms with Crippen molar-refractivity contribution >= 4 is 0 Å². The minimum absolute atomic E-state index is 0.253. The third kappa shape index (κ3) is 3.77. The molecular formula is C17H26FN3O. The van der Waals surface area contributed by atoms with Crippen molar-refractivity contribution in [3.63, 3.8) is 0 Å². The monoisotopic (exact) mass is 307 g/mol. The molecule has 1 aromatic carbocycles. The Labute approximate surface area is 132 Å². The molecule has 1 aromatic rings. The maximum absolute atomic E-state index is 13.9. The highest BCUT2D eigenvalue weighted by atomic mass is 19.1. The quantitative estimate of drug-likeness (QED) is 0.896. The number of piperazine rings is 1. The first-order valence-corrected chi connectivity index (χ1v) is 8.34. The molecule has 3 rings (SSSR count). The lowest BCUT2D eigenvalue weighted by Crippen LogP contribution is -2.49. The Morgan fingerprint density at radius 1 is 1.27 bits per heavy atom. The van der Waals surface area contributed by atoms with Crippen LogP contribution in [0.4, 0.5) is 4.39 Å². The standard InChI is InChI=1S/C17H26FN3O/c1-2-22-17-4-3-14(11-16(17)18)12-20-8-5-15(13-20)21-9-6-19-7-10-21/h3-4,11,15,19H,2,5-10,12-13H2,1H3. The smallest absolute Gasteiger partial charge is 0.165 e. The van der Waals surface area contributed by atoms with Crippen LogP contribution in [0.15, 0.2) is 18.2 Å². The highest BCUT2D eigenvalue weighted by Crippen LogP contribution is 2.22. The number of benzene rings is 1. The molecule has 0 spiro atoms. The third-order valence-corrected chi connectivity index (χ3v) is 4.62. The van der Waals surface area contributed by atoms with Gasteiger partial charge in [-0.25, -0.2) is 4.39 Å². The van der Waals surface area contributed by atoms with Crippen LogP contribution >= 0.6 is 0 Å². The minimum atomic E-state index is -0.253. The molecule has 0 aromatic heterocycles. The number of nitrogens with zero attached hydrogens (tertiary/aromatic N) is 2. The fourth-order valence-corrected chi connectivity index (χ4v) is 3.47. The van der Waals surface area contributed by atoms with E-state index in [0.29, 0.717) is 18.4 Å². The van der Waals surface area contributed by atoms with E-state index in [1.54, 1.807) is 12.1 Å². The Balaban J connectivity index is 1.54. The highest BCUT2D eigenvalue weighted by molar-refractivity contribution is 5.29. The molecule has 4 nitrogen and oxygen atoms in total. The molecule has 1 atom stereocenters. The number of rotatable bonds is 5. The molecule has 2 fully saturated rings. The van der Waals surface area contributed by atoms with Crippen LogP contribution in [0.1, 0.15) is 18.9 Å². The Hall–Kier alpha value is -1.17. The normalized spacial score (nSPS) is 23.8. The predicted octanol–water partition coefficient (Wildman–Crippen LogP) is 1.70. The molecule has 2 aliphatic rings. The zero-order chi connectivity index (χ0) is 15.4. The predicted molar refractivity (Wildman–Crippen MR) is 85.7 cm³/mol. The molecule has 1 N–H and O–H groups in total. The van der Waals surface area contributed by atoms with Gasteiger partial charge in [-0.3, -0.25) is 9.80 Å². The number of likely N-dealkylation sites (tertiary alicyclic amines) is 1. The fourth-order valence-electron chi connectivity index (χ4n) is 3.47. The van der Waals surface area contributed by atoms with Crippen LogP contribution in [-0.4, -0.2) is 61.7 Å². The van der Waals surface area contributed by atoms with Crippen molar-refractivity contribution in [2.75, 3.05) is 45.9 Å². The number of ether oxygens (including phenoxy) is 1. The summed E-state index contributed by atoms with van der Waals surface area (Å²) in [6, 6.07) is 6.00. The Morgan fingerprint density at radius 2 is 2.09 bits per heavy atom. The van der Waals surface area contributed by atoms with E-state index in [0.717, 1.165) is 51.4 Å². The summed E-state index contributed by atoms with van der Waals surface area (Å²) in [4.78, 5) is 5.02. The molecule has 0 aliphatic carbocycles. The van der Waals surface area contributed by atoms with Gasteiger partial charge in [0.25, 0.3) is 0 Å². The summed E-state index contributed by atoms with van der Waals surface area (Å²) in [5.41, 5.74) is 1.03. The summed E-state index contributed by atoms with van der Waals surface area (Å²) in [6.45, 7) is 9.88. The fraction of sp³-hybridized carbons (Fsp3) is 0.647. The Morgan fingerprint density at radius 3 is 2.82 bits per heavy atom. The minimum Gasteiger partial charge on any atom is -0.491 e. The molecular weight excluding hydrogens is 281 g/mol. The second-order valence-corrected chi connectivity index (χ2v) is 6.16. The van der Waals surface area contributed by atoms with Crippen molar-refractivity contribution in [1.82, 2.24) is 15.1 Å². The van der Waals surface area contributed by atoms with Crippen LogP contribution in [-0.2, 0) is 6.54 Å². The first-order valence-electron chi connectivity index (χ1n) is 8.34. The van der Waals surface area contributed by atoms with Gasteiger partial charge in [-0.2, -0.15) is 0 Å². The summed E-state index contributed by atoms with van der Waals surface area (Å²) in [7, 11) is 0. The van der Waals surface area contributed by atoms with Gasteiger partial charge in [-0.15, -0.1) is 0 Å². The average molecular weight is 307 g/mol. The van der Waals surface area contributed by atoms with Crippen molar-refractivity contribution in [3.05, 3.63) is 29.6 Å². The zero-order valence-corrected chi connectivity index (χ0v) is 13.4. The first-order chi connectivity index (χ1) is 10.8. The third-order valence-electron chi connectivity index (χ3n) is 4.62.